The summed E-state index contributed by atoms with van der Waals surface area (Å²) in [4.78, 5) is 11.8. The third-order valence-corrected chi connectivity index (χ3v) is 2.96. The first-order valence-electron chi connectivity index (χ1n) is 6.78. The predicted molar refractivity (Wildman–Crippen MR) is 76.9 cm³/mol. The van der Waals surface area contributed by atoms with Crippen LogP contribution in [0, 0.1) is 0 Å². The summed E-state index contributed by atoms with van der Waals surface area (Å²) in [6.07, 6.45) is 3.08. The van der Waals surface area contributed by atoms with E-state index in [0.29, 0.717) is 19.6 Å². The predicted octanol–water partition coefficient (Wildman–Crippen LogP) is 1.49. The molecule has 4 heteroatoms. The second-order valence-electron chi connectivity index (χ2n) is 4.64. The van der Waals surface area contributed by atoms with Crippen LogP contribution in [-0.4, -0.2) is 32.2 Å². The molecule has 1 aromatic rings. The van der Waals surface area contributed by atoms with Gasteiger partial charge >= 0.3 is 0 Å². The second kappa shape index (κ2) is 9.53. The van der Waals surface area contributed by atoms with Crippen molar-refractivity contribution in [3.63, 3.8) is 0 Å². The minimum absolute atomic E-state index is 0.0271. The highest BCUT2D eigenvalue weighted by atomic mass is 16.5. The molecular formula is C15H24N2O2. The van der Waals surface area contributed by atoms with Crippen molar-refractivity contribution >= 4 is 5.91 Å². The third-order valence-electron chi connectivity index (χ3n) is 2.96. The van der Waals surface area contributed by atoms with Crippen LogP contribution < -0.4 is 11.1 Å². The van der Waals surface area contributed by atoms with Crippen molar-refractivity contribution in [3.8, 4) is 0 Å². The van der Waals surface area contributed by atoms with Crippen molar-refractivity contribution in [2.24, 2.45) is 5.73 Å². The number of carbonyl (C=O) groups is 1. The van der Waals surface area contributed by atoms with Gasteiger partial charge in [0, 0.05) is 13.5 Å². The van der Waals surface area contributed by atoms with Gasteiger partial charge in [0.15, 0.2) is 0 Å². The van der Waals surface area contributed by atoms with Gasteiger partial charge in [-0.05, 0) is 31.4 Å². The molecule has 0 aromatic heterocycles. The van der Waals surface area contributed by atoms with E-state index in [1.54, 1.807) is 7.11 Å². The number of hydrogen-bond acceptors (Lipinski definition) is 3. The van der Waals surface area contributed by atoms with Crippen molar-refractivity contribution in [1.29, 1.82) is 0 Å². The average Bonchev–Trinajstić information content (AvgIpc) is 2.40. The Morgan fingerprint density at radius 3 is 2.74 bits per heavy atom. The van der Waals surface area contributed by atoms with Gasteiger partial charge in [0.2, 0.25) is 5.91 Å². The normalized spacial score (nSPS) is 12.1. The highest BCUT2D eigenvalue weighted by molar-refractivity contribution is 5.76. The van der Waals surface area contributed by atoms with Gasteiger partial charge < -0.3 is 15.8 Å². The zero-order valence-electron chi connectivity index (χ0n) is 11.6. The van der Waals surface area contributed by atoms with Gasteiger partial charge in [-0.1, -0.05) is 30.3 Å². The van der Waals surface area contributed by atoms with Crippen LogP contribution in [0.25, 0.3) is 0 Å². The van der Waals surface area contributed by atoms with Crippen LogP contribution in [0.4, 0.5) is 0 Å². The number of carbonyl (C=O) groups excluding carboxylic acids is 1. The Kier molecular flexibility index (Phi) is 7.86. The number of benzene rings is 1. The summed E-state index contributed by atoms with van der Waals surface area (Å²) < 4.78 is 5.06. The number of rotatable bonds is 9. The van der Waals surface area contributed by atoms with E-state index in [4.69, 9.17) is 10.5 Å². The van der Waals surface area contributed by atoms with Gasteiger partial charge in [-0.2, -0.15) is 0 Å². The monoisotopic (exact) mass is 264 g/mol. The molecule has 0 fully saturated rings. The Hall–Kier alpha value is -1.39. The first kappa shape index (κ1) is 15.7. The minimum atomic E-state index is 0.0271. The largest absolute Gasteiger partial charge is 0.383 e. The molecule has 0 spiro atoms. The molecule has 1 aromatic carbocycles. The number of hydrogen-bond donors (Lipinski definition) is 2. The van der Waals surface area contributed by atoms with Crippen molar-refractivity contribution in [3.05, 3.63) is 35.9 Å². The smallest absolute Gasteiger partial charge is 0.220 e. The van der Waals surface area contributed by atoms with E-state index in [-0.39, 0.29) is 11.9 Å². The average molecular weight is 264 g/mol. The van der Waals surface area contributed by atoms with Crippen molar-refractivity contribution in [2.45, 2.75) is 31.7 Å². The SMILES string of the molecule is COCC(CCN)NC(=O)CCCc1ccccc1. The van der Waals surface area contributed by atoms with E-state index >= 15 is 0 Å². The van der Waals surface area contributed by atoms with E-state index in [2.05, 4.69) is 17.4 Å². The second-order valence-corrected chi connectivity index (χ2v) is 4.64. The number of nitrogens with two attached hydrogens (primary N) is 1. The zero-order chi connectivity index (χ0) is 13.9. The van der Waals surface area contributed by atoms with Crippen LogP contribution in [-0.2, 0) is 16.0 Å². The molecule has 19 heavy (non-hydrogen) atoms. The fourth-order valence-electron chi connectivity index (χ4n) is 2.00. The maximum absolute atomic E-state index is 11.8. The van der Waals surface area contributed by atoms with E-state index < -0.39 is 0 Å². The summed E-state index contributed by atoms with van der Waals surface area (Å²) in [7, 11) is 1.63. The van der Waals surface area contributed by atoms with Crippen LogP contribution in [0.1, 0.15) is 24.8 Å². The lowest BCUT2D eigenvalue weighted by Crippen LogP contribution is -2.39. The first-order chi connectivity index (χ1) is 9.26. The Labute approximate surface area is 115 Å². The number of aryl methyl sites for hydroxylation is 1. The molecule has 0 saturated heterocycles. The first-order valence-corrected chi connectivity index (χ1v) is 6.78. The van der Waals surface area contributed by atoms with Crippen molar-refractivity contribution in [2.75, 3.05) is 20.3 Å². The lowest BCUT2D eigenvalue weighted by atomic mass is 10.1. The van der Waals surface area contributed by atoms with Gasteiger partial charge in [0.25, 0.3) is 0 Å². The van der Waals surface area contributed by atoms with Gasteiger partial charge in [-0.15, -0.1) is 0 Å². The van der Waals surface area contributed by atoms with Crippen molar-refractivity contribution < 1.29 is 9.53 Å². The Morgan fingerprint density at radius 1 is 1.37 bits per heavy atom. The lowest BCUT2D eigenvalue weighted by Gasteiger charge is -2.16. The lowest BCUT2D eigenvalue weighted by molar-refractivity contribution is -0.122. The summed E-state index contributed by atoms with van der Waals surface area (Å²) in [5, 5.41) is 2.96. The van der Waals surface area contributed by atoms with Crippen LogP contribution in [0.5, 0.6) is 0 Å². The van der Waals surface area contributed by atoms with Gasteiger partial charge in [-0.3, -0.25) is 4.79 Å². The topological polar surface area (TPSA) is 64.3 Å². The molecule has 0 heterocycles. The Balaban J connectivity index is 2.23. The molecule has 1 rings (SSSR count). The molecule has 0 aliphatic rings. The molecule has 3 N–H and O–H groups in total. The molecule has 0 aliphatic carbocycles. The summed E-state index contributed by atoms with van der Waals surface area (Å²) >= 11 is 0. The summed E-state index contributed by atoms with van der Waals surface area (Å²) in [6.45, 7) is 1.07. The van der Waals surface area contributed by atoms with E-state index in [1.165, 1.54) is 5.56 Å². The third kappa shape index (κ3) is 6.94. The minimum Gasteiger partial charge on any atom is -0.383 e. The number of ether oxygens (including phenoxy) is 1. The standard InChI is InChI=1S/C15H24N2O2/c1-19-12-14(10-11-16)17-15(18)9-5-8-13-6-3-2-4-7-13/h2-4,6-7,14H,5,8-12,16H2,1H3,(H,17,18). The van der Waals surface area contributed by atoms with Gasteiger partial charge in [0.1, 0.15) is 0 Å². The van der Waals surface area contributed by atoms with E-state index in [1.807, 2.05) is 18.2 Å². The highest BCUT2D eigenvalue weighted by Crippen LogP contribution is 2.04. The quantitative estimate of drug-likeness (QED) is 0.710. The fourth-order valence-corrected chi connectivity index (χ4v) is 2.00. The van der Waals surface area contributed by atoms with Gasteiger partial charge in [-0.25, -0.2) is 0 Å². The molecule has 0 radical (unpaired) electrons. The molecule has 1 amide bonds. The number of nitrogens with one attached hydrogen (secondary N) is 1. The van der Waals surface area contributed by atoms with Crippen molar-refractivity contribution in [1.82, 2.24) is 5.32 Å². The van der Waals surface area contributed by atoms with Crippen LogP contribution in [0.15, 0.2) is 30.3 Å². The highest BCUT2D eigenvalue weighted by Gasteiger charge is 2.10. The van der Waals surface area contributed by atoms with Crippen LogP contribution >= 0.6 is 0 Å². The summed E-state index contributed by atoms with van der Waals surface area (Å²) in [6, 6.07) is 10.2. The fraction of sp³-hybridized carbons (Fsp3) is 0.533. The Bertz CT molecular complexity index is 348. The molecular weight excluding hydrogens is 240 g/mol. The molecule has 0 saturated carbocycles. The number of methoxy groups -OCH3 is 1. The van der Waals surface area contributed by atoms with Crippen LogP contribution in [0.2, 0.25) is 0 Å². The molecule has 106 valence electrons. The summed E-state index contributed by atoms with van der Waals surface area (Å²) in [5.41, 5.74) is 6.77. The molecule has 0 aliphatic heterocycles. The molecule has 0 bridgehead atoms. The molecule has 1 atom stereocenters. The van der Waals surface area contributed by atoms with Gasteiger partial charge in [0.05, 0.1) is 12.6 Å². The van der Waals surface area contributed by atoms with E-state index in [0.717, 1.165) is 19.3 Å². The van der Waals surface area contributed by atoms with Crippen LogP contribution in [0.3, 0.4) is 0 Å². The summed E-state index contributed by atoms with van der Waals surface area (Å²) in [5.74, 6) is 0.0754. The maximum atomic E-state index is 11.8. The maximum Gasteiger partial charge on any atom is 0.220 e. The van der Waals surface area contributed by atoms with E-state index in [9.17, 15) is 4.79 Å². The molecule has 1 unspecified atom stereocenters. The zero-order valence-corrected chi connectivity index (χ0v) is 11.6. The Morgan fingerprint density at radius 2 is 2.11 bits per heavy atom. The number of amides is 1. The molecule has 4 nitrogen and oxygen atoms in total.